The Labute approximate surface area is 150 Å². The van der Waals surface area contributed by atoms with Crippen LogP contribution < -0.4 is 11.1 Å². The van der Waals surface area contributed by atoms with Crippen molar-refractivity contribution in [2.75, 3.05) is 13.1 Å². The van der Waals surface area contributed by atoms with E-state index in [1.165, 1.54) is 31.2 Å². The van der Waals surface area contributed by atoms with Crippen LogP contribution >= 0.6 is 0 Å². The number of aliphatic imine (C=N–C) groups is 1. The molecule has 4 heteroatoms. The summed E-state index contributed by atoms with van der Waals surface area (Å²) >= 11 is 0. The molecule has 1 aliphatic carbocycles. The molecule has 1 saturated carbocycles. The average Bonchev–Trinajstić information content (AvgIpc) is 3.11. The minimum atomic E-state index is 0.272. The van der Waals surface area contributed by atoms with E-state index in [0.717, 1.165) is 31.6 Å². The molecule has 1 heterocycles. The second-order valence-electron chi connectivity index (χ2n) is 7.07. The third kappa shape index (κ3) is 5.31. The largest absolute Gasteiger partial charge is 0.370 e. The molecular formula is C21H28N4. The predicted octanol–water partition coefficient (Wildman–Crippen LogP) is 3.33. The normalized spacial score (nSPS) is 16.7. The zero-order chi connectivity index (χ0) is 17.4. The highest BCUT2D eigenvalue weighted by atomic mass is 15.1. The van der Waals surface area contributed by atoms with E-state index in [0.29, 0.717) is 5.96 Å². The van der Waals surface area contributed by atoms with Gasteiger partial charge in [-0.2, -0.15) is 0 Å². The Bertz CT molecular complexity index is 661. The molecule has 1 aromatic heterocycles. The Balaban J connectivity index is 1.52. The van der Waals surface area contributed by atoms with Crippen molar-refractivity contribution >= 4 is 5.96 Å². The second kappa shape index (κ2) is 8.65. The Morgan fingerprint density at radius 3 is 2.56 bits per heavy atom. The molecule has 1 fully saturated rings. The van der Waals surface area contributed by atoms with Gasteiger partial charge in [0.15, 0.2) is 5.96 Å². The highest BCUT2D eigenvalue weighted by molar-refractivity contribution is 5.77. The third-order valence-electron chi connectivity index (χ3n) is 5.08. The van der Waals surface area contributed by atoms with Crippen molar-refractivity contribution < 1.29 is 0 Å². The lowest BCUT2D eigenvalue weighted by atomic mass is 9.80. The molecule has 0 saturated heterocycles. The van der Waals surface area contributed by atoms with Gasteiger partial charge in [0.25, 0.3) is 0 Å². The van der Waals surface area contributed by atoms with Crippen molar-refractivity contribution in [3.63, 3.8) is 0 Å². The minimum absolute atomic E-state index is 0.272. The van der Waals surface area contributed by atoms with Gasteiger partial charge in [0.2, 0.25) is 0 Å². The lowest BCUT2D eigenvalue weighted by Crippen LogP contribution is -2.35. The van der Waals surface area contributed by atoms with E-state index >= 15 is 0 Å². The summed E-state index contributed by atoms with van der Waals surface area (Å²) in [5, 5.41) is 3.22. The second-order valence-corrected chi connectivity index (χ2v) is 7.07. The summed E-state index contributed by atoms with van der Waals surface area (Å²) in [7, 11) is 0. The molecule has 3 N–H and O–H groups in total. The SMILES string of the molecule is NC(=NCC1(Cc2ccccc2)CCCC1)NCCc1ccccn1. The molecule has 0 spiro atoms. The van der Waals surface area contributed by atoms with Gasteiger partial charge >= 0.3 is 0 Å². The fraction of sp³-hybridized carbons (Fsp3) is 0.429. The van der Waals surface area contributed by atoms with E-state index in [4.69, 9.17) is 5.73 Å². The molecule has 0 amide bonds. The average molecular weight is 336 g/mol. The van der Waals surface area contributed by atoms with Gasteiger partial charge < -0.3 is 11.1 Å². The number of hydrogen-bond acceptors (Lipinski definition) is 2. The van der Waals surface area contributed by atoms with Crippen LogP contribution in [0.25, 0.3) is 0 Å². The van der Waals surface area contributed by atoms with E-state index in [1.54, 1.807) is 0 Å². The molecular weight excluding hydrogens is 308 g/mol. The number of aromatic nitrogens is 1. The molecule has 25 heavy (non-hydrogen) atoms. The number of pyridine rings is 1. The van der Waals surface area contributed by atoms with Crippen LogP contribution in [0.3, 0.4) is 0 Å². The summed E-state index contributed by atoms with van der Waals surface area (Å²) < 4.78 is 0. The van der Waals surface area contributed by atoms with Crippen LogP contribution in [0.1, 0.15) is 36.9 Å². The van der Waals surface area contributed by atoms with Crippen LogP contribution in [-0.2, 0) is 12.8 Å². The van der Waals surface area contributed by atoms with Crippen LogP contribution in [0.5, 0.6) is 0 Å². The zero-order valence-corrected chi connectivity index (χ0v) is 14.8. The number of hydrogen-bond donors (Lipinski definition) is 2. The van der Waals surface area contributed by atoms with Crippen LogP contribution in [0.4, 0.5) is 0 Å². The maximum absolute atomic E-state index is 6.09. The molecule has 4 nitrogen and oxygen atoms in total. The number of nitrogens with two attached hydrogens (primary N) is 1. The molecule has 2 aromatic rings. The van der Waals surface area contributed by atoms with E-state index in [-0.39, 0.29) is 5.41 Å². The first-order chi connectivity index (χ1) is 12.3. The molecule has 3 rings (SSSR count). The smallest absolute Gasteiger partial charge is 0.188 e. The van der Waals surface area contributed by atoms with Crippen LogP contribution in [0.2, 0.25) is 0 Å². The van der Waals surface area contributed by atoms with Crippen molar-refractivity contribution in [3.8, 4) is 0 Å². The monoisotopic (exact) mass is 336 g/mol. The summed E-state index contributed by atoms with van der Waals surface area (Å²) in [5.41, 5.74) is 8.83. The Morgan fingerprint density at radius 2 is 1.84 bits per heavy atom. The van der Waals surface area contributed by atoms with E-state index in [2.05, 4.69) is 45.6 Å². The zero-order valence-electron chi connectivity index (χ0n) is 14.8. The van der Waals surface area contributed by atoms with Gasteiger partial charge in [-0.25, -0.2) is 0 Å². The molecule has 0 radical (unpaired) electrons. The van der Waals surface area contributed by atoms with Gasteiger partial charge in [-0.15, -0.1) is 0 Å². The Morgan fingerprint density at radius 1 is 1.08 bits per heavy atom. The number of rotatable bonds is 7. The van der Waals surface area contributed by atoms with Gasteiger partial charge in [-0.1, -0.05) is 49.2 Å². The maximum Gasteiger partial charge on any atom is 0.188 e. The summed E-state index contributed by atoms with van der Waals surface area (Å²) in [6.07, 6.45) is 8.86. The van der Waals surface area contributed by atoms with Crippen molar-refractivity contribution in [1.29, 1.82) is 0 Å². The number of nitrogens with one attached hydrogen (secondary N) is 1. The summed E-state index contributed by atoms with van der Waals surface area (Å²) in [6, 6.07) is 16.7. The minimum Gasteiger partial charge on any atom is -0.370 e. The Kier molecular flexibility index (Phi) is 6.04. The summed E-state index contributed by atoms with van der Waals surface area (Å²) in [6.45, 7) is 1.57. The van der Waals surface area contributed by atoms with Crippen molar-refractivity contribution in [2.24, 2.45) is 16.1 Å². The van der Waals surface area contributed by atoms with Gasteiger partial charge in [-0.3, -0.25) is 9.98 Å². The van der Waals surface area contributed by atoms with Gasteiger partial charge in [0.1, 0.15) is 0 Å². The highest BCUT2D eigenvalue weighted by Crippen LogP contribution is 2.41. The summed E-state index contributed by atoms with van der Waals surface area (Å²) in [4.78, 5) is 8.99. The first kappa shape index (κ1) is 17.5. The van der Waals surface area contributed by atoms with Crippen LogP contribution in [-0.4, -0.2) is 24.0 Å². The maximum atomic E-state index is 6.09. The number of nitrogens with zero attached hydrogens (tertiary/aromatic N) is 2. The highest BCUT2D eigenvalue weighted by Gasteiger charge is 2.33. The lowest BCUT2D eigenvalue weighted by molar-refractivity contribution is 0.307. The van der Waals surface area contributed by atoms with Crippen molar-refractivity contribution in [2.45, 2.75) is 38.5 Å². The van der Waals surface area contributed by atoms with E-state index in [9.17, 15) is 0 Å². The molecule has 1 aromatic carbocycles. The first-order valence-electron chi connectivity index (χ1n) is 9.23. The van der Waals surface area contributed by atoms with Gasteiger partial charge in [-0.05, 0) is 42.4 Å². The standard InChI is InChI=1S/C21H28N4/c22-20(24-15-11-19-10-4-7-14-23-19)25-17-21(12-5-6-13-21)16-18-8-2-1-3-9-18/h1-4,7-10,14H,5-6,11-13,15-17H2,(H3,22,24,25). The predicted molar refractivity (Wildman–Crippen MR) is 103 cm³/mol. The fourth-order valence-corrected chi connectivity index (χ4v) is 3.72. The van der Waals surface area contributed by atoms with E-state index < -0.39 is 0 Å². The first-order valence-corrected chi connectivity index (χ1v) is 9.23. The molecule has 0 unspecified atom stereocenters. The summed E-state index contributed by atoms with van der Waals surface area (Å²) in [5.74, 6) is 0.551. The van der Waals surface area contributed by atoms with E-state index in [1.807, 2.05) is 24.4 Å². The lowest BCUT2D eigenvalue weighted by Gasteiger charge is -2.27. The van der Waals surface area contributed by atoms with Crippen molar-refractivity contribution in [1.82, 2.24) is 10.3 Å². The number of guanidine groups is 1. The molecule has 0 aliphatic heterocycles. The molecule has 0 bridgehead atoms. The number of benzene rings is 1. The molecule has 1 aliphatic rings. The quantitative estimate of drug-likeness (QED) is 0.602. The third-order valence-corrected chi connectivity index (χ3v) is 5.08. The Hall–Kier alpha value is -2.36. The van der Waals surface area contributed by atoms with Crippen LogP contribution in [0.15, 0.2) is 59.7 Å². The van der Waals surface area contributed by atoms with Crippen LogP contribution in [0, 0.1) is 5.41 Å². The molecule has 132 valence electrons. The van der Waals surface area contributed by atoms with Crippen molar-refractivity contribution in [3.05, 3.63) is 66.0 Å². The van der Waals surface area contributed by atoms with Gasteiger partial charge in [0, 0.05) is 31.4 Å². The molecule has 0 atom stereocenters. The fourth-order valence-electron chi connectivity index (χ4n) is 3.72. The van der Waals surface area contributed by atoms with Gasteiger partial charge in [0.05, 0.1) is 0 Å². The topological polar surface area (TPSA) is 63.3 Å².